The summed E-state index contributed by atoms with van der Waals surface area (Å²) in [6, 6.07) is 8.52. The predicted octanol–water partition coefficient (Wildman–Crippen LogP) is 3.96. The molecule has 3 N–H and O–H groups in total. The SMILES string of the molecule is C=CCCOC1=NC(C)(N)c2nc(Br)n(Cc3cccc(Br)c3)c2N1. The van der Waals surface area contributed by atoms with Gasteiger partial charge in [0.05, 0.1) is 13.2 Å². The number of anilines is 1. The summed E-state index contributed by atoms with van der Waals surface area (Å²) in [6.07, 6.45) is 2.53. The van der Waals surface area contributed by atoms with Crippen LogP contribution in [-0.2, 0) is 16.9 Å². The van der Waals surface area contributed by atoms with Gasteiger partial charge >= 0.3 is 0 Å². The van der Waals surface area contributed by atoms with Gasteiger partial charge in [-0.25, -0.2) is 9.98 Å². The lowest BCUT2D eigenvalue weighted by Crippen LogP contribution is -2.39. The number of halogens is 2. The molecule has 1 unspecified atom stereocenters. The van der Waals surface area contributed by atoms with E-state index in [9.17, 15) is 0 Å². The van der Waals surface area contributed by atoms with Gasteiger partial charge in [-0.15, -0.1) is 6.58 Å². The molecule has 3 rings (SSSR count). The van der Waals surface area contributed by atoms with Crippen LogP contribution in [-0.4, -0.2) is 22.2 Å². The van der Waals surface area contributed by atoms with Crippen molar-refractivity contribution < 1.29 is 4.74 Å². The zero-order valence-corrected chi connectivity index (χ0v) is 17.0. The molecule has 1 atom stereocenters. The summed E-state index contributed by atoms with van der Waals surface area (Å²) in [4.78, 5) is 8.98. The van der Waals surface area contributed by atoms with Crippen LogP contribution in [0.3, 0.4) is 0 Å². The van der Waals surface area contributed by atoms with Crippen LogP contribution in [0.5, 0.6) is 0 Å². The third-order valence-electron chi connectivity index (χ3n) is 3.75. The number of benzene rings is 1. The minimum absolute atomic E-state index is 0.391. The van der Waals surface area contributed by atoms with Crippen molar-refractivity contribution in [1.29, 1.82) is 0 Å². The quantitative estimate of drug-likeness (QED) is 0.514. The van der Waals surface area contributed by atoms with Gasteiger partial charge in [0, 0.05) is 4.47 Å². The van der Waals surface area contributed by atoms with E-state index in [2.05, 4.69) is 65.9 Å². The van der Waals surface area contributed by atoms with Crippen molar-refractivity contribution in [2.24, 2.45) is 10.7 Å². The molecule has 0 fully saturated rings. The molecule has 2 aromatic rings. The van der Waals surface area contributed by atoms with Crippen molar-refractivity contribution in [2.45, 2.75) is 25.6 Å². The van der Waals surface area contributed by atoms with E-state index in [0.29, 0.717) is 29.6 Å². The van der Waals surface area contributed by atoms with E-state index in [1.165, 1.54) is 0 Å². The maximum Gasteiger partial charge on any atom is 0.292 e. The van der Waals surface area contributed by atoms with Gasteiger partial charge in [0.15, 0.2) is 10.4 Å². The Morgan fingerprint density at radius 3 is 2.96 bits per heavy atom. The molecule has 1 aromatic carbocycles. The number of imidazole rings is 1. The smallest absolute Gasteiger partial charge is 0.292 e. The van der Waals surface area contributed by atoms with Crippen molar-refractivity contribution in [3.63, 3.8) is 0 Å². The highest BCUT2D eigenvalue weighted by atomic mass is 79.9. The number of amidine groups is 1. The number of nitrogens with two attached hydrogens (primary N) is 1. The Bertz CT molecular complexity index is 828. The Morgan fingerprint density at radius 2 is 2.24 bits per heavy atom. The number of aromatic nitrogens is 2. The number of rotatable bonds is 5. The maximum atomic E-state index is 6.35. The Balaban J connectivity index is 1.92. The summed E-state index contributed by atoms with van der Waals surface area (Å²) < 4.78 is 9.39. The van der Waals surface area contributed by atoms with E-state index in [0.717, 1.165) is 22.3 Å². The van der Waals surface area contributed by atoms with Crippen LogP contribution in [0.15, 0.2) is 51.1 Å². The Hall–Kier alpha value is -1.64. The predicted molar refractivity (Wildman–Crippen MR) is 107 cm³/mol. The number of hydrogen-bond acceptors (Lipinski definition) is 5. The molecule has 1 aliphatic rings. The second kappa shape index (κ2) is 7.31. The van der Waals surface area contributed by atoms with Gasteiger partial charge in [0.1, 0.15) is 11.5 Å². The molecule has 25 heavy (non-hydrogen) atoms. The van der Waals surface area contributed by atoms with Gasteiger partial charge in [-0.1, -0.05) is 34.1 Å². The van der Waals surface area contributed by atoms with E-state index < -0.39 is 5.66 Å². The van der Waals surface area contributed by atoms with Crippen molar-refractivity contribution in [3.05, 3.63) is 57.4 Å². The molecule has 0 radical (unpaired) electrons. The zero-order chi connectivity index (χ0) is 18.0. The Kier molecular flexibility index (Phi) is 5.31. The molecule has 0 saturated carbocycles. The van der Waals surface area contributed by atoms with E-state index in [4.69, 9.17) is 10.5 Å². The van der Waals surface area contributed by atoms with Crippen molar-refractivity contribution in [2.75, 3.05) is 11.9 Å². The molecular weight excluding hydrogens is 450 g/mol. The first-order valence-electron chi connectivity index (χ1n) is 7.81. The number of nitrogens with zero attached hydrogens (tertiary/aromatic N) is 3. The topological polar surface area (TPSA) is 77.5 Å². The molecule has 2 heterocycles. The molecule has 132 valence electrons. The van der Waals surface area contributed by atoms with Crippen LogP contribution < -0.4 is 11.1 Å². The lowest BCUT2D eigenvalue weighted by molar-refractivity contribution is 0.299. The second-order valence-corrected chi connectivity index (χ2v) is 7.53. The molecule has 0 amide bonds. The highest BCUT2D eigenvalue weighted by molar-refractivity contribution is 9.10. The second-order valence-electron chi connectivity index (χ2n) is 5.91. The first kappa shape index (κ1) is 18.2. The normalized spacial score (nSPS) is 19.0. The summed E-state index contributed by atoms with van der Waals surface area (Å²) in [5.74, 6) is 0.778. The van der Waals surface area contributed by atoms with Gasteiger partial charge in [-0.05, 0) is 47.0 Å². The van der Waals surface area contributed by atoms with Crippen LogP contribution in [0.4, 0.5) is 5.82 Å². The number of hydrogen-bond donors (Lipinski definition) is 2. The average molecular weight is 469 g/mol. The van der Waals surface area contributed by atoms with Crippen molar-refractivity contribution in [1.82, 2.24) is 9.55 Å². The van der Waals surface area contributed by atoms with Crippen LogP contribution in [0.2, 0.25) is 0 Å². The molecule has 8 heteroatoms. The van der Waals surface area contributed by atoms with E-state index >= 15 is 0 Å². The minimum atomic E-state index is -0.963. The molecule has 0 aliphatic carbocycles. The van der Waals surface area contributed by atoms with Gasteiger partial charge in [0.25, 0.3) is 6.02 Å². The zero-order valence-electron chi connectivity index (χ0n) is 13.8. The van der Waals surface area contributed by atoms with Gasteiger partial charge < -0.3 is 15.0 Å². The summed E-state index contributed by atoms with van der Waals surface area (Å²) in [5.41, 5.74) is 7.19. The van der Waals surface area contributed by atoms with E-state index in [1.807, 2.05) is 23.6 Å². The first-order chi connectivity index (χ1) is 11.9. The fourth-order valence-corrected chi connectivity index (χ4v) is 3.49. The molecule has 0 bridgehead atoms. The van der Waals surface area contributed by atoms with Gasteiger partial charge in [-0.2, -0.15) is 0 Å². The lowest BCUT2D eigenvalue weighted by atomic mass is 10.1. The summed E-state index contributed by atoms with van der Waals surface area (Å²) in [6.45, 7) is 6.62. The minimum Gasteiger partial charge on any atom is -0.465 e. The van der Waals surface area contributed by atoms with Gasteiger partial charge in [-0.3, -0.25) is 5.32 Å². The largest absolute Gasteiger partial charge is 0.465 e. The molecule has 6 nitrogen and oxygen atoms in total. The fraction of sp³-hybridized carbons (Fsp3) is 0.294. The summed E-state index contributed by atoms with van der Waals surface area (Å²) in [7, 11) is 0. The monoisotopic (exact) mass is 467 g/mol. The number of ether oxygens (including phenoxy) is 1. The summed E-state index contributed by atoms with van der Waals surface area (Å²) in [5, 5.41) is 3.21. The highest BCUT2D eigenvalue weighted by Gasteiger charge is 2.35. The Labute approximate surface area is 163 Å². The molecule has 1 aliphatic heterocycles. The van der Waals surface area contributed by atoms with E-state index in [1.54, 1.807) is 6.08 Å². The van der Waals surface area contributed by atoms with Crippen LogP contribution in [0.1, 0.15) is 24.6 Å². The van der Waals surface area contributed by atoms with Gasteiger partial charge in [0.2, 0.25) is 0 Å². The first-order valence-corrected chi connectivity index (χ1v) is 9.39. The third-order valence-corrected chi connectivity index (χ3v) is 4.85. The van der Waals surface area contributed by atoms with Crippen LogP contribution in [0.25, 0.3) is 0 Å². The standard InChI is InChI=1S/C17H19Br2N5O/c1-3-4-8-25-16-22-14-13(17(2,20)23-16)21-15(19)24(14)10-11-6-5-7-12(18)9-11/h3,5-7,9H,1,4,8,10,20H2,2H3,(H,22,23). The molecule has 0 spiro atoms. The Morgan fingerprint density at radius 1 is 1.44 bits per heavy atom. The van der Waals surface area contributed by atoms with Crippen molar-refractivity contribution >= 4 is 43.7 Å². The maximum absolute atomic E-state index is 6.35. The molecule has 1 aromatic heterocycles. The number of fused-ring (bicyclic) bond motifs is 1. The van der Waals surface area contributed by atoms with Crippen LogP contribution in [0, 0.1) is 0 Å². The van der Waals surface area contributed by atoms with Crippen LogP contribution >= 0.6 is 31.9 Å². The van der Waals surface area contributed by atoms with Crippen molar-refractivity contribution in [3.8, 4) is 0 Å². The summed E-state index contributed by atoms with van der Waals surface area (Å²) >= 11 is 7.03. The highest BCUT2D eigenvalue weighted by Crippen LogP contribution is 2.34. The third kappa shape index (κ3) is 3.96. The number of nitrogens with one attached hydrogen (secondary N) is 1. The molecular formula is C17H19Br2N5O. The van der Waals surface area contributed by atoms with E-state index in [-0.39, 0.29) is 0 Å². The fourth-order valence-electron chi connectivity index (χ4n) is 2.57. The lowest BCUT2D eigenvalue weighted by Gasteiger charge is -2.27. The number of aliphatic imine (C=N–C) groups is 1. The molecule has 0 saturated heterocycles. The average Bonchev–Trinajstić information content (AvgIpc) is 2.85.